The average molecular weight is 380 g/mol. The molecule has 2 nitrogen and oxygen atoms in total. The highest BCUT2D eigenvalue weighted by atomic mass is 19.4. The van der Waals surface area contributed by atoms with E-state index in [9.17, 15) is 39.9 Å². The molecule has 1 fully saturated rings. The smallest absolute Gasteiger partial charge is 0.381 e. The van der Waals surface area contributed by atoms with Crippen LogP contribution in [0.5, 0.6) is 0 Å². The summed E-state index contributed by atoms with van der Waals surface area (Å²) in [7, 11) is 0. The van der Waals surface area contributed by atoms with E-state index in [-0.39, 0.29) is 18.3 Å². The van der Waals surface area contributed by atoms with Gasteiger partial charge in [-0.1, -0.05) is 12.2 Å². The number of rotatable bonds is 6. The lowest BCUT2D eigenvalue weighted by Crippen LogP contribution is -2.66. The van der Waals surface area contributed by atoms with Gasteiger partial charge in [0.15, 0.2) is 5.60 Å². The maximum absolute atomic E-state index is 14.0. The SMILES string of the molecule is CC(C)(OC(=O)C1CC2C=CC1C2)C(F)(F)C(F)(F)C(F)(F)C(F)F. The minimum atomic E-state index is -6.42. The number of hydrogen-bond donors (Lipinski definition) is 0. The van der Waals surface area contributed by atoms with Crippen LogP contribution < -0.4 is 0 Å². The van der Waals surface area contributed by atoms with Gasteiger partial charge in [-0.15, -0.1) is 0 Å². The summed E-state index contributed by atoms with van der Waals surface area (Å²) in [5.41, 5.74) is -3.42. The number of ether oxygens (including phenoxy) is 1. The Morgan fingerprint density at radius 2 is 1.56 bits per heavy atom. The fourth-order valence-electron chi connectivity index (χ4n) is 3.17. The minimum absolute atomic E-state index is 0.0378. The monoisotopic (exact) mass is 380 g/mol. The molecule has 2 aliphatic carbocycles. The number of hydrogen-bond acceptors (Lipinski definition) is 2. The van der Waals surface area contributed by atoms with Crippen LogP contribution in [0.25, 0.3) is 0 Å². The highest BCUT2D eigenvalue weighted by molar-refractivity contribution is 5.74. The zero-order valence-corrected chi connectivity index (χ0v) is 13.2. The van der Waals surface area contributed by atoms with Crippen molar-refractivity contribution >= 4 is 5.97 Å². The molecule has 2 bridgehead atoms. The quantitative estimate of drug-likeness (QED) is 0.380. The third-order valence-corrected chi connectivity index (χ3v) is 4.78. The summed E-state index contributed by atoms with van der Waals surface area (Å²) in [6.07, 6.45) is -0.673. The summed E-state index contributed by atoms with van der Waals surface area (Å²) in [6, 6.07) is 0. The van der Waals surface area contributed by atoms with Crippen LogP contribution in [-0.4, -0.2) is 35.8 Å². The lowest BCUT2D eigenvalue weighted by Gasteiger charge is -2.41. The molecule has 0 N–H and O–H groups in total. The maximum Gasteiger partial charge on any atom is 0.381 e. The van der Waals surface area contributed by atoms with E-state index < -0.39 is 41.7 Å². The molecule has 0 aromatic rings. The van der Waals surface area contributed by atoms with Gasteiger partial charge < -0.3 is 4.74 Å². The van der Waals surface area contributed by atoms with Crippen LogP contribution in [0.1, 0.15) is 26.7 Å². The Morgan fingerprint density at radius 3 is 1.96 bits per heavy atom. The molecule has 0 aromatic heterocycles. The number of carbonyl (C=O) groups excluding carboxylic acids is 1. The van der Waals surface area contributed by atoms with Crippen molar-refractivity contribution in [3.8, 4) is 0 Å². The van der Waals surface area contributed by atoms with E-state index >= 15 is 0 Å². The summed E-state index contributed by atoms with van der Waals surface area (Å²) in [5.74, 6) is -20.8. The molecule has 1 saturated carbocycles. The van der Waals surface area contributed by atoms with Gasteiger partial charge in [-0.05, 0) is 38.5 Å². The van der Waals surface area contributed by atoms with E-state index in [1.807, 2.05) is 6.08 Å². The Labute approximate surface area is 138 Å². The number of carbonyl (C=O) groups is 1. The lowest BCUT2D eigenvalue weighted by atomic mass is 9.89. The van der Waals surface area contributed by atoms with E-state index in [0.29, 0.717) is 20.3 Å². The van der Waals surface area contributed by atoms with Crippen molar-refractivity contribution in [1.82, 2.24) is 0 Å². The van der Waals surface area contributed by atoms with Crippen molar-refractivity contribution in [3.63, 3.8) is 0 Å². The summed E-state index contributed by atoms with van der Waals surface area (Å²) in [6.45, 7) is 0.590. The van der Waals surface area contributed by atoms with Gasteiger partial charge >= 0.3 is 30.2 Å². The first-order valence-corrected chi connectivity index (χ1v) is 7.48. The third-order valence-electron chi connectivity index (χ3n) is 4.78. The number of halogens is 8. The molecule has 144 valence electrons. The number of fused-ring (bicyclic) bond motifs is 2. The zero-order valence-electron chi connectivity index (χ0n) is 13.2. The Kier molecular flexibility index (Phi) is 4.66. The molecule has 0 amide bonds. The second-order valence-electron chi connectivity index (χ2n) is 6.89. The van der Waals surface area contributed by atoms with Crippen LogP contribution in [-0.2, 0) is 9.53 Å². The Bertz CT molecular complexity index is 570. The lowest BCUT2D eigenvalue weighted by molar-refractivity contribution is -0.370. The fourth-order valence-corrected chi connectivity index (χ4v) is 3.17. The van der Waals surface area contributed by atoms with Crippen LogP contribution in [0.2, 0.25) is 0 Å². The molecule has 0 aromatic carbocycles. The van der Waals surface area contributed by atoms with Gasteiger partial charge in [0.05, 0.1) is 5.92 Å². The van der Waals surface area contributed by atoms with Crippen LogP contribution in [0, 0.1) is 17.8 Å². The molecule has 0 spiro atoms. The van der Waals surface area contributed by atoms with Crippen LogP contribution in [0.3, 0.4) is 0 Å². The van der Waals surface area contributed by atoms with Gasteiger partial charge in [0.25, 0.3) is 0 Å². The van der Waals surface area contributed by atoms with Gasteiger partial charge in [0, 0.05) is 0 Å². The number of allylic oxidation sites excluding steroid dienone is 2. The molecule has 2 aliphatic rings. The third kappa shape index (κ3) is 2.91. The highest BCUT2D eigenvalue weighted by Gasteiger charge is 2.80. The van der Waals surface area contributed by atoms with Crippen molar-refractivity contribution in [2.24, 2.45) is 17.8 Å². The van der Waals surface area contributed by atoms with Gasteiger partial charge in [0.1, 0.15) is 0 Å². The maximum atomic E-state index is 14.0. The van der Waals surface area contributed by atoms with Crippen molar-refractivity contribution in [1.29, 1.82) is 0 Å². The zero-order chi connectivity index (χ0) is 19.4. The second-order valence-corrected chi connectivity index (χ2v) is 6.89. The molecule has 0 saturated heterocycles. The Morgan fingerprint density at radius 1 is 1.00 bits per heavy atom. The van der Waals surface area contributed by atoms with E-state index in [4.69, 9.17) is 0 Å². The Hall–Kier alpha value is -1.35. The number of esters is 1. The fraction of sp³-hybridized carbons (Fsp3) is 0.800. The Balaban J connectivity index is 2.21. The predicted octanol–water partition coefficient (Wildman–Crippen LogP) is 4.69. The minimum Gasteiger partial charge on any atom is -0.453 e. The van der Waals surface area contributed by atoms with Crippen molar-refractivity contribution in [2.75, 3.05) is 0 Å². The van der Waals surface area contributed by atoms with Gasteiger partial charge in [0.2, 0.25) is 0 Å². The molecule has 3 unspecified atom stereocenters. The standard InChI is InChI=1S/C15H16F8O2/c1-12(2,14(20,21)15(22,23)13(18,19)11(16)17)25-10(24)9-6-7-3-4-8(9)5-7/h3-4,7-9,11H,5-6H2,1-2H3. The number of alkyl halides is 8. The van der Waals surface area contributed by atoms with Crippen molar-refractivity contribution in [2.45, 2.75) is 56.5 Å². The molecular weight excluding hydrogens is 364 g/mol. The van der Waals surface area contributed by atoms with Crippen LogP contribution >= 0.6 is 0 Å². The molecule has 0 radical (unpaired) electrons. The molecule has 3 atom stereocenters. The van der Waals surface area contributed by atoms with E-state index in [2.05, 4.69) is 4.74 Å². The molecule has 2 rings (SSSR count). The average Bonchev–Trinajstić information content (AvgIpc) is 3.08. The first kappa shape index (κ1) is 20.0. The summed E-state index contributed by atoms with van der Waals surface area (Å²) in [4.78, 5) is 12.0. The highest BCUT2D eigenvalue weighted by Crippen LogP contribution is 2.54. The largest absolute Gasteiger partial charge is 0.453 e. The predicted molar refractivity (Wildman–Crippen MR) is 69.9 cm³/mol. The van der Waals surface area contributed by atoms with E-state index in [1.54, 1.807) is 6.08 Å². The van der Waals surface area contributed by atoms with Gasteiger partial charge in [-0.25, -0.2) is 8.78 Å². The molecular formula is C15H16F8O2. The van der Waals surface area contributed by atoms with Crippen molar-refractivity contribution in [3.05, 3.63) is 12.2 Å². The van der Waals surface area contributed by atoms with E-state index in [0.717, 1.165) is 0 Å². The second kappa shape index (κ2) is 5.84. The molecule has 10 heteroatoms. The van der Waals surface area contributed by atoms with Gasteiger partial charge in [-0.3, -0.25) is 4.79 Å². The van der Waals surface area contributed by atoms with Crippen LogP contribution in [0.15, 0.2) is 12.2 Å². The van der Waals surface area contributed by atoms with E-state index in [1.165, 1.54) is 0 Å². The summed E-state index contributed by atoms with van der Waals surface area (Å²) < 4.78 is 110. The van der Waals surface area contributed by atoms with Gasteiger partial charge in [-0.2, -0.15) is 26.3 Å². The topological polar surface area (TPSA) is 26.3 Å². The first-order chi connectivity index (χ1) is 11.1. The normalized spacial score (nSPS) is 27.2. The summed E-state index contributed by atoms with van der Waals surface area (Å²) in [5, 5.41) is 0. The molecule has 25 heavy (non-hydrogen) atoms. The van der Waals surface area contributed by atoms with Crippen LogP contribution in [0.4, 0.5) is 35.1 Å². The summed E-state index contributed by atoms with van der Waals surface area (Å²) >= 11 is 0. The van der Waals surface area contributed by atoms with Crippen molar-refractivity contribution < 1.29 is 44.7 Å². The molecule has 0 heterocycles. The molecule has 0 aliphatic heterocycles. The first-order valence-electron chi connectivity index (χ1n) is 7.48.